The molecule has 1 aromatic heterocycles. The van der Waals surface area contributed by atoms with Gasteiger partial charge in [0, 0.05) is 18.3 Å². The second-order valence-electron chi connectivity index (χ2n) is 3.76. The lowest BCUT2D eigenvalue weighted by molar-refractivity contribution is 0.174. The van der Waals surface area contributed by atoms with Crippen LogP contribution in [0.1, 0.15) is 5.69 Å². The highest BCUT2D eigenvalue weighted by Crippen LogP contribution is 2.36. The molecular formula is C13H11NO4. The summed E-state index contributed by atoms with van der Waals surface area (Å²) in [7, 11) is 0. The number of hydrogen-bond donors (Lipinski definition) is 1. The summed E-state index contributed by atoms with van der Waals surface area (Å²) in [5.41, 5.74) is 0.563. The fourth-order valence-corrected chi connectivity index (χ4v) is 1.68. The van der Waals surface area contributed by atoms with Gasteiger partial charge >= 0.3 is 0 Å². The van der Waals surface area contributed by atoms with Crippen LogP contribution in [0, 0.1) is 0 Å². The van der Waals surface area contributed by atoms with Crippen molar-refractivity contribution in [2.75, 3.05) is 6.79 Å². The SMILES string of the molecule is OCc1cc(Oc2ccc3c(c2)OCO3)ccn1. The Morgan fingerprint density at radius 2 is 1.94 bits per heavy atom. The first-order valence-corrected chi connectivity index (χ1v) is 5.48. The third-order valence-electron chi connectivity index (χ3n) is 2.53. The third kappa shape index (κ3) is 2.08. The van der Waals surface area contributed by atoms with E-state index in [1.54, 1.807) is 36.5 Å². The summed E-state index contributed by atoms with van der Waals surface area (Å²) >= 11 is 0. The van der Waals surface area contributed by atoms with Crippen LogP contribution in [0.15, 0.2) is 36.5 Å². The summed E-state index contributed by atoms with van der Waals surface area (Å²) in [6.45, 7) is 0.126. The van der Waals surface area contributed by atoms with E-state index in [2.05, 4.69) is 4.98 Å². The lowest BCUT2D eigenvalue weighted by atomic mass is 10.3. The van der Waals surface area contributed by atoms with Gasteiger partial charge in [0.15, 0.2) is 11.5 Å². The van der Waals surface area contributed by atoms with Gasteiger partial charge in [-0.15, -0.1) is 0 Å². The molecule has 18 heavy (non-hydrogen) atoms. The van der Waals surface area contributed by atoms with E-state index in [1.807, 2.05) is 0 Å². The first-order chi connectivity index (χ1) is 8.85. The topological polar surface area (TPSA) is 60.8 Å². The lowest BCUT2D eigenvalue weighted by Gasteiger charge is -2.07. The first kappa shape index (κ1) is 10.9. The van der Waals surface area contributed by atoms with Gasteiger partial charge in [-0.3, -0.25) is 4.98 Å². The van der Waals surface area contributed by atoms with Crippen LogP contribution in [0.3, 0.4) is 0 Å². The van der Waals surface area contributed by atoms with E-state index in [4.69, 9.17) is 19.3 Å². The van der Waals surface area contributed by atoms with Crippen LogP contribution in [0.2, 0.25) is 0 Å². The fraction of sp³-hybridized carbons (Fsp3) is 0.154. The number of fused-ring (bicyclic) bond motifs is 1. The Bertz CT molecular complexity index is 571. The largest absolute Gasteiger partial charge is 0.457 e. The number of benzene rings is 1. The van der Waals surface area contributed by atoms with Crippen molar-refractivity contribution >= 4 is 0 Å². The molecule has 2 heterocycles. The lowest BCUT2D eigenvalue weighted by Crippen LogP contribution is -1.93. The normalized spacial score (nSPS) is 12.5. The molecule has 1 aromatic carbocycles. The van der Waals surface area contributed by atoms with Crippen LogP contribution >= 0.6 is 0 Å². The second kappa shape index (κ2) is 4.54. The van der Waals surface area contributed by atoms with E-state index < -0.39 is 0 Å². The Morgan fingerprint density at radius 3 is 2.83 bits per heavy atom. The van der Waals surface area contributed by atoms with Crippen LogP contribution < -0.4 is 14.2 Å². The molecule has 0 amide bonds. The maximum Gasteiger partial charge on any atom is 0.231 e. The number of hydrogen-bond acceptors (Lipinski definition) is 5. The molecule has 0 saturated carbocycles. The van der Waals surface area contributed by atoms with E-state index >= 15 is 0 Å². The van der Waals surface area contributed by atoms with Crippen molar-refractivity contribution in [3.8, 4) is 23.0 Å². The van der Waals surface area contributed by atoms with Crippen molar-refractivity contribution in [3.05, 3.63) is 42.2 Å². The molecule has 92 valence electrons. The third-order valence-corrected chi connectivity index (χ3v) is 2.53. The molecule has 0 spiro atoms. The predicted octanol–water partition coefficient (Wildman–Crippen LogP) is 2.09. The van der Waals surface area contributed by atoms with Crippen LogP contribution in [-0.2, 0) is 6.61 Å². The minimum atomic E-state index is -0.113. The molecule has 0 bridgehead atoms. The summed E-state index contributed by atoms with van der Waals surface area (Å²) in [5.74, 6) is 2.65. The van der Waals surface area contributed by atoms with E-state index in [9.17, 15) is 0 Å². The standard InChI is InChI=1S/C13H11NO4/c15-7-9-5-11(3-4-14-9)18-10-1-2-12-13(6-10)17-8-16-12/h1-6,15H,7-8H2. The maximum absolute atomic E-state index is 9.00. The van der Waals surface area contributed by atoms with Gasteiger partial charge in [-0.25, -0.2) is 0 Å². The Labute approximate surface area is 104 Å². The minimum absolute atomic E-state index is 0.113. The molecule has 0 radical (unpaired) electrons. The predicted molar refractivity (Wildman–Crippen MR) is 62.8 cm³/mol. The fourth-order valence-electron chi connectivity index (χ4n) is 1.68. The Hall–Kier alpha value is -2.27. The van der Waals surface area contributed by atoms with Crippen molar-refractivity contribution in [3.63, 3.8) is 0 Å². The van der Waals surface area contributed by atoms with Gasteiger partial charge in [-0.2, -0.15) is 0 Å². The van der Waals surface area contributed by atoms with Gasteiger partial charge < -0.3 is 19.3 Å². The molecule has 1 aliphatic rings. The van der Waals surface area contributed by atoms with Crippen molar-refractivity contribution in [2.45, 2.75) is 6.61 Å². The Balaban J connectivity index is 1.83. The van der Waals surface area contributed by atoms with Gasteiger partial charge in [-0.05, 0) is 18.2 Å². The van der Waals surface area contributed by atoms with Gasteiger partial charge in [0.25, 0.3) is 0 Å². The molecule has 5 nitrogen and oxygen atoms in total. The number of rotatable bonds is 3. The summed E-state index contributed by atoms with van der Waals surface area (Å²) < 4.78 is 16.1. The van der Waals surface area contributed by atoms with Gasteiger partial charge in [0.1, 0.15) is 11.5 Å². The van der Waals surface area contributed by atoms with E-state index in [-0.39, 0.29) is 13.4 Å². The van der Waals surface area contributed by atoms with E-state index in [0.717, 1.165) is 0 Å². The molecule has 5 heteroatoms. The van der Waals surface area contributed by atoms with Crippen LogP contribution in [0.25, 0.3) is 0 Å². The number of aliphatic hydroxyl groups excluding tert-OH is 1. The van der Waals surface area contributed by atoms with Gasteiger partial charge in [0.2, 0.25) is 6.79 Å². The smallest absolute Gasteiger partial charge is 0.231 e. The Kier molecular flexibility index (Phi) is 2.74. The molecule has 0 aliphatic carbocycles. The average Bonchev–Trinajstić information content (AvgIpc) is 2.86. The molecule has 0 unspecified atom stereocenters. The maximum atomic E-state index is 9.00. The van der Waals surface area contributed by atoms with Crippen molar-refractivity contribution in [1.29, 1.82) is 0 Å². The van der Waals surface area contributed by atoms with Crippen molar-refractivity contribution < 1.29 is 19.3 Å². The molecule has 2 aromatic rings. The highest BCUT2D eigenvalue weighted by Gasteiger charge is 2.13. The molecule has 3 rings (SSSR count). The monoisotopic (exact) mass is 245 g/mol. The zero-order valence-corrected chi connectivity index (χ0v) is 9.50. The Morgan fingerprint density at radius 1 is 1.11 bits per heavy atom. The molecule has 0 atom stereocenters. The molecule has 0 fully saturated rings. The number of nitrogens with zero attached hydrogens (tertiary/aromatic N) is 1. The number of pyridine rings is 1. The van der Waals surface area contributed by atoms with Crippen LogP contribution in [0.4, 0.5) is 0 Å². The minimum Gasteiger partial charge on any atom is -0.457 e. The quantitative estimate of drug-likeness (QED) is 0.897. The van der Waals surface area contributed by atoms with E-state index in [1.165, 1.54) is 0 Å². The molecule has 1 aliphatic heterocycles. The first-order valence-electron chi connectivity index (χ1n) is 5.48. The molecular weight excluding hydrogens is 234 g/mol. The van der Waals surface area contributed by atoms with E-state index in [0.29, 0.717) is 28.7 Å². The zero-order chi connectivity index (χ0) is 12.4. The number of aromatic nitrogens is 1. The molecule has 1 N–H and O–H groups in total. The summed E-state index contributed by atoms with van der Waals surface area (Å²) in [5, 5.41) is 9.00. The highest BCUT2D eigenvalue weighted by molar-refractivity contribution is 5.48. The zero-order valence-electron chi connectivity index (χ0n) is 9.50. The summed E-state index contributed by atoms with van der Waals surface area (Å²) in [4.78, 5) is 3.98. The summed E-state index contributed by atoms with van der Waals surface area (Å²) in [6, 6.07) is 8.77. The van der Waals surface area contributed by atoms with Crippen molar-refractivity contribution in [2.24, 2.45) is 0 Å². The average molecular weight is 245 g/mol. The molecule has 0 saturated heterocycles. The second-order valence-corrected chi connectivity index (χ2v) is 3.76. The van der Waals surface area contributed by atoms with Crippen LogP contribution in [-0.4, -0.2) is 16.9 Å². The number of ether oxygens (including phenoxy) is 3. The highest BCUT2D eigenvalue weighted by atomic mass is 16.7. The van der Waals surface area contributed by atoms with Crippen LogP contribution in [0.5, 0.6) is 23.0 Å². The van der Waals surface area contributed by atoms with Gasteiger partial charge in [0.05, 0.1) is 12.3 Å². The number of aliphatic hydroxyl groups is 1. The van der Waals surface area contributed by atoms with Gasteiger partial charge in [-0.1, -0.05) is 0 Å². The van der Waals surface area contributed by atoms with Crippen molar-refractivity contribution in [1.82, 2.24) is 4.98 Å². The summed E-state index contributed by atoms with van der Waals surface area (Å²) in [6.07, 6.45) is 1.59.